The van der Waals surface area contributed by atoms with Crippen molar-refractivity contribution in [3.63, 3.8) is 0 Å². The van der Waals surface area contributed by atoms with Crippen molar-refractivity contribution in [3.05, 3.63) is 88.9 Å². The minimum Gasteiger partial charge on any atom is -0.497 e. The molecule has 3 aromatic carbocycles. The van der Waals surface area contributed by atoms with Gasteiger partial charge in [0.1, 0.15) is 5.75 Å². The summed E-state index contributed by atoms with van der Waals surface area (Å²) in [5.41, 5.74) is 3.21. The summed E-state index contributed by atoms with van der Waals surface area (Å²) in [5.74, 6) is 0.638. The van der Waals surface area contributed by atoms with E-state index in [0.29, 0.717) is 42.1 Å². The number of rotatable bonds is 5. The summed E-state index contributed by atoms with van der Waals surface area (Å²) in [6, 6.07) is 22.5. The quantitative estimate of drug-likeness (QED) is 0.594. The highest BCUT2D eigenvalue weighted by Crippen LogP contribution is 2.25. The molecular weight excluding hydrogens is 424 g/mol. The minimum atomic E-state index is -0.173. The number of halogens is 1. The van der Waals surface area contributed by atoms with Crippen molar-refractivity contribution in [3.8, 4) is 16.9 Å². The number of carbonyl (C=O) groups is 2. The molecule has 0 aromatic heterocycles. The van der Waals surface area contributed by atoms with Crippen LogP contribution in [0.1, 0.15) is 33.6 Å². The monoisotopic (exact) mass is 448 g/mol. The molecule has 1 fully saturated rings. The van der Waals surface area contributed by atoms with Gasteiger partial charge in [0.2, 0.25) is 0 Å². The maximum Gasteiger partial charge on any atom is 0.253 e. The normalized spacial score (nSPS) is 14.1. The van der Waals surface area contributed by atoms with E-state index in [-0.39, 0.29) is 17.9 Å². The molecule has 0 spiro atoms. The first kappa shape index (κ1) is 21.9. The van der Waals surface area contributed by atoms with Crippen LogP contribution in [0.5, 0.6) is 5.75 Å². The van der Waals surface area contributed by atoms with Gasteiger partial charge in [0, 0.05) is 24.7 Å². The van der Waals surface area contributed by atoms with Crippen LogP contribution in [-0.2, 0) is 0 Å². The highest BCUT2D eigenvalue weighted by Gasteiger charge is 2.25. The Bertz CT molecular complexity index is 1110. The topological polar surface area (TPSA) is 58.6 Å². The molecule has 0 atom stereocenters. The Hall–Kier alpha value is -3.31. The number of hydrogen-bond donors (Lipinski definition) is 1. The number of nitrogens with zero attached hydrogens (tertiary/aromatic N) is 1. The van der Waals surface area contributed by atoms with E-state index in [0.717, 1.165) is 16.9 Å². The van der Waals surface area contributed by atoms with E-state index >= 15 is 0 Å². The number of likely N-dealkylation sites (tertiary alicyclic amines) is 1. The molecule has 3 aromatic rings. The second-order valence-electron chi connectivity index (χ2n) is 7.83. The lowest BCUT2D eigenvalue weighted by molar-refractivity contribution is 0.0698. The molecule has 1 aliphatic rings. The van der Waals surface area contributed by atoms with E-state index in [1.165, 1.54) is 0 Å². The number of nitrogens with one attached hydrogen (secondary N) is 1. The van der Waals surface area contributed by atoms with Gasteiger partial charge in [-0.3, -0.25) is 9.59 Å². The van der Waals surface area contributed by atoms with Crippen molar-refractivity contribution < 1.29 is 14.3 Å². The van der Waals surface area contributed by atoms with Crippen LogP contribution in [0.25, 0.3) is 11.1 Å². The van der Waals surface area contributed by atoms with Crippen LogP contribution >= 0.6 is 11.6 Å². The van der Waals surface area contributed by atoms with Gasteiger partial charge in [-0.1, -0.05) is 48.0 Å². The summed E-state index contributed by atoms with van der Waals surface area (Å²) in [7, 11) is 1.65. The molecule has 0 bridgehead atoms. The van der Waals surface area contributed by atoms with Gasteiger partial charge >= 0.3 is 0 Å². The van der Waals surface area contributed by atoms with Gasteiger partial charge in [-0.05, 0) is 60.4 Å². The van der Waals surface area contributed by atoms with Gasteiger partial charge in [-0.25, -0.2) is 0 Å². The molecule has 0 saturated carbocycles. The number of methoxy groups -OCH3 is 1. The fourth-order valence-corrected chi connectivity index (χ4v) is 4.15. The Morgan fingerprint density at radius 3 is 2.34 bits per heavy atom. The lowest BCUT2D eigenvalue weighted by atomic mass is 10.0. The number of ether oxygens (including phenoxy) is 1. The smallest absolute Gasteiger partial charge is 0.253 e. The number of hydrogen-bond acceptors (Lipinski definition) is 3. The van der Waals surface area contributed by atoms with E-state index in [9.17, 15) is 9.59 Å². The van der Waals surface area contributed by atoms with Crippen molar-refractivity contribution >= 4 is 23.4 Å². The third-order valence-electron chi connectivity index (χ3n) is 5.77. The lowest BCUT2D eigenvalue weighted by Gasteiger charge is -2.32. The SMILES string of the molecule is COc1cccc(-c2ccc(C(=O)N3CCC(NC(=O)c4ccccc4Cl)CC3)cc2)c1. The first-order valence-corrected chi connectivity index (χ1v) is 11.0. The average Bonchev–Trinajstić information content (AvgIpc) is 2.84. The maximum absolute atomic E-state index is 12.9. The number of amides is 2. The molecular formula is C26H25ClN2O3. The van der Waals surface area contributed by atoms with Crippen molar-refractivity contribution in [1.29, 1.82) is 0 Å². The standard InChI is InChI=1S/C26H25ClN2O3/c1-32-22-6-4-5-20(17-22)18-9-11-19(12-10-18)26(31)29-15-13-21(14-16-29)28-25(30)23-7-2-3-8-24(23)27/h2-12,17,21H,13-16H2,1H3,(H,28,30). The van der Waals surface area contributed by atoms with Crippen molar-refractivity contribution in [2.45, 2.75) is 18.9 Å². The first-order valence-electron chi connectivity index (χ1n) is 10.6. The van der Waals surface area contributed by atoms with Crippen LogP contribution in [0.4, 0.5) is 0 Å². The van der Waals surface area contributed by atoms with Crippen molar-refractivity contribution in [1.82, 2.24) is 10.2 Å². The van der Waals surface area contributed by atoms with Crippen molar-refractivity contribution in [2.24, 2.45) is 0 Å². The number of carbonyl (C=O) groups excluding carboxylic acids is 2. The lowest BCUT2D eigenvalue weighted by Crippen LogP contribution is -2.46. The van der Waals surface area contributed by atoms with Crippen molar-refractivity contribution in [2.75, 3.05) is 20.2 Å². The summed E-state index contributed by atoms with van der Waals surface area (Å²) in [6.07, 6.45) is 1.42. The minimum absolute atomic E-state index is 0.0121. The van der Waals surface area contributed by atoms with Crippen LogP contribution in [0.15, 0.2) is 72.8 Å². The third kappa shape index (κ3) is 4.94. The fourth-order valence-electron chi connectivity index (χ4n) is 3.93. The second-order valence-corrected chi connectivity index (χ2v) is 8.24. The summed E-state index contributed by atoms with van der Waals surface area (Å²) in [6.45, 7) is 1.20. The summed E-state index contributed by atoms with van der Waals surface area (Å²) < 4.78 is 5.29. The summed E-state index contributed by atoms with van der Waals surface area (Å²) in [4.78, 5) is 27.3. The van der Waals surface area contributed by atoms with E-state index < -0.39 is 0 Å². The van der Waals surface area contributed by atoms with Gasteiger partial charge in [0.05, 0.1) is 17.7 Å². The van der Waals surface area contributed by atoms with Gasteiger partial charge in [0.15, 0.2) is 0 Å². The highest BCUT2D eigenvalue weighted by molar-refractivity contribution is 6.33. The molecule has 1 aliphatic heterocycles. The zero-order chi connectivity index (χ0) is 22.5. The van der Waals surface area contributed by atoms with E-state index in [4.69, 9.17) is 16.3 Å². The predicted molar refractivity (Wildman–Crippen MR) is 126 cm³/mol. The Kier molecular flexibility index (Phi) is 6.76. The molecule has 5 nitrogen and oxygen atoms in total. The Balaban J connectivity index is 1.34. The summed E-state index contributed by atoms with van der Waals surface area (Å²) >= 11 is 6.11. The molecule has 4 rings (SSSR count). The molecule has 0 aliphatic carbocycles. The van der Waals surface area contributed by atoms with Crippen LogP contribution in [0, 0.1) is 0 Å². The van der Waals surface area contributed by atoms with E-state index in [1.807, 2.05) is 53.4 Å². The van der Waals surface area contributed by atoms with E-state index in [2.05, 4.69) is 5.32 Å². The van der Waals surface area contributed by atoms with Crippen LogP contribution in [0.3, 0.4) is 0 Å². The summed E-state index contributed by atoms with van der Waals surface area (Å²) in [5, 5.41) is 3.48. The van der Waals surface area contributed by atoms with E-state index in [1.54, 1.807) is 31.4 Å². The molecule has 0 radical (unpaired) electrons. The predicted octanol–water partition coefficient (Wildman–Crippen LogP) is 5.05. The molecule has 1 heterocycles. The largest absolute Gasteiger partial charge is 0.497 e. The molecule has 6 heteroatoms. The van der Waals surface area contributed by atoms with Gasteiger partial charge in [-0.15, -0.1) is 0 Å². The highest BCUT2D eigenvalue weighted by atomic mass is 35.5. The Morgan fingerprint density at radius 1 is 0.938 bits per heavy atom. The second kappa shape index (κ2) is 9.88. The third-order valence-corrected chi connectivity index (χ3v) is 6.10. The zero-order valence-corrected chi connectivity index (χ0v) is 18.6. The molecule has 164 valence electrons. The Morgan fingerprint density at radius 2 is 1.66 bits per heavy atom. The fraction of sp³-hybridized carbons (Fsp3) is 0.231. The number of piperidine rings is 1. The maximum atomic E-state index is 12.9. The molecule has 0 unspecified atom stereocenters. The van der Waals surface area contributed by atoms with Crippen LogP contribution in [0.2, 0.25) is 5.02 Å². The van der Waals surface area contributed by atoms with Gasteiger partial charge in [-0.2, -0.15) is 0 Å². The number of benzene rings is 3. The average molecular weight is 449 g/mol. The molecule has 2 amide bonds. The Labute approximate surface area is 193 Å². The molecule has 1 saturated heterocycles. The molecule has 32 heavy (non-hydrogen) atoms. The van der Waals surface area contributed by atoms with Gasteiger partial charge in [0.25, 0.3) is 11.8 Å². The first-order chi connectivity index (χ1) is 15.5. The van der Waals surface area contributed by atoms with Gasteiger partial charge < -0.3 is 15.0 Å². The zero-order valence-electron chi connectivity index (χ0n) is 17.9. The van der Waals surface area contributed by atoms with Crippen LogP contribution in [-0.4, -0.2) is 43.0 Å². The van der Waals surface area contributed by atoms with Crippen LogP contribution < -0.4 is 10.1 Å². The molecule has 1 N–H and O–H groups in total.